The Bertz CT molecular complexity index is 3.90. The van der Waals surface area contributed by atoms with Gasteiger partial charge in [0.1, 0.15) is 0 Å². The summed E-state index contributed by atoms with van der Waals surface area (Å²) in [6.07, 6.45) is 0. The van der Waals surface area contributed by atoms with E-state index in [0.29, 0.717) is 0 Å². The normalized spacial score (nSPS) is 0. The molecule has 0 fully saturated rings. The van der Waals surface area contributed by atoms with Crippen LogP contribution in [0.5, 0.6) is 0 Å². The largest absolute Gasteiger partial charge is 5.00 e. The molecule has 0 aromatic heterocycles. The van der Waals surface area contributed by atoms with Gasteiger partial charge in [0.15, 0.2) is 0 Å². The molecule has 0 spiro atoms. The van der Waals surface area contributed by atoms with E-state index in [1.807, 2.05) is 0 Å². The van der Waals surface area contributed by atoms with Gasteiger partial charge in [-0.15, -0.1) is 0 Å². The van der Waals surface area contributed by atoms with Gasteiger partial charge in [-0.1, -0.05) is 0 Å². The molecule has 0 bridgehead atoms. The summed E-state index contributed by atoms with van der Waals surface area (Å²) >= 11 is 0. The van der Waals surface area contributed by atoms with E-state index in [9.17, 15) is 0 Å². The second kappa shape index (κ2) is 42.6. The Morgan fingerprint density at radius 2 is 0.333 bits per heavy atom. The van der Waals surface area contributed by atoms with E-state index in [1.165, 1.54) is 0 Å². The van der Waals surface area contributed by atoms with Gasteiger partial charge in [0, 0.05) is 0 Å². The molecule has 0 saturated heterocycles. The Morgan fingerprint density at radius 3 is 0.333 bits per heavy atom. The molecule has 6 heavy (non-hydrogen) atoms. The summed E-state index contributed by atoms with van der Waals surface area (Å²) in [4.78, 5) is 0. The number of hydrogen-bond donors (Lipinski definition) is 0. The molecule has 41 valence electrons. The maximum atomic E-state index is 0. The third-order valence-corrected chi connectivity index (χ3v) is 0. The smallest absolute Gasteiger partial charge is 1.00 e. The topological polar surface area (TPSA) is 0 Å². The Kier molecular flexibility index (Phi) is 443. The number of halogens is 5. The van der Waals surface area contributed by atoms with E-state index >= 15 is 0 Å². The van der Waals surface area contributed by atoms with Crippen LogP contribution >= 0.6 is 0 Å². The van der Waals surface area contributed by atoms with E-state index in [2.05, 4.69) is 0 Å². The van der Waals surface area contributed by atoms with Gasteiger partial charge >= 0.3 is 21.1 Å². The molecule has 6 heteroatoms. The molecule has 0 aromatic carbocycles. The SMILES string of the molecule is [Br-].[Br-].[Br-].[Br-].[Br-].[W+5]. The van der Waals surface area contributed by atoms with Gasteiger partial charge in [0.2, 0.25) is 0 Å². The molecular weight excluding hydrogens is 583 g/mol. The minimum absolute atomic E-state index is 0. The summed E-state index contributed by atoms with van der Waals surface area (Å²) in [5.74, 6) is 0. The van der Waals surface area contributed by atoms with E-state index in [-0.39, 0.29) is 106 Å². The fourth-order valence-electron chi connectivity index (χ4n) is 0. The zero-order valence-electron chi connectivity index (χ0n) is 2.30. The minimum Gasteiger partial charge on any atom is -1.00 e. The average Bonchev–Trinajstić information content (AvgIpc) is 0. The van der Waals surface area contributed by atoms with Gasteiger partial charge in [0.05, 0.1) is 0 Å². The van der Waals surface area contributed by atoms with Crippen molar-refractivity contribution in [3.63, 3.8) is 0 Å². The molecule has 0 amide bonds. The van der Waals surface area contributed by atoms with Gasteiger partial charge in [-0.2, -0.15) is 0 Å². The van der Waals surface area contributed by atoms with Crippen molar-refractivity contribution in [2.24, 2.45) is 0 Å². The van der Waals surface area contributed by atoms with Gasteiger partial charge in [-0.3, -0.25) is 0 Å². The van der Waals surface area contributed by atoms with Crippen molar-refractivity contribution >= 4 is 0 Å². The molecule has 0 aliphatic carbocycles. The van der Waals surface area contributed by atoms with Crippen molar-refractivity contribution in [3.05, 3.63) is 0 Å². The van der Waals surface area contributed by atoms with Crippen LogP contribution in [0.25, 0.3) is 0 Å². The van der Waals surface area contributed by atoms with Crippen LogP contribution in [0.4, 0.5) is 0 Å². The average molecular weight is 583 g/mol. The Hall–Kier alpha value is 3.09. The van der Waals surface area contributed by atoms with E-state index in [4.69, 9.17) is 0 Å². The first-order valence-electron chi connectivity index (χ1n) is 0. The zero-order valence-corrected chi connectivity index (χ0v) is 13.2. The zero-order chi connectivity index (χ0) is 0. The summed E-state index contributed by atoms with van der Waals surface area (Å²) in [6, 6.07) is 0. The van der Waals surface area contributed by atoms with E-state index in [1.54, 1.807) is 0 Å². The first-order chi connectivity index (χ1) is 0. The van der Waals surface area contributed by atoms with Gasteiger partial charge in [0.25, 0.3) is 0 Å². The Labute approximate surface area is 104 Å². The fraction of sp³-hybridized carbons (Fsp3) is 0. The monoisotopic (exact) mass is 579 g/mol. The van der Waals surface area contributed by atoms with Crippen molar-refractivity contribution < 1.29 is 106 Å². The number of rotatable bonds is 0. The molecular formula is Br5W. The van der Waals surface area contributed by atoms with Crippen LogP contribution in [0.1, 0.15) is 0 Å². The van der Waals surface area contributed by atoms with Gasteiger partial charge in [-0.05, 0) is 0 Å². The summed E-state index contributed by atoms with van der Waals surface area (Å²) in [5, 5.41) is 0. The standard InChI is InChI=1S/5BrH.W/h5*1H;/q;;;;;+5/p-5. The van der Waals surface area contributed by atoms with E-state index in [0.717, 1.165) is 0 Å². The van der Waals surface area contributed by atoms with Crippen molar-refractivity contribution in [2.75, 3.05) is 0 Å². The second-order valence-corrected chi connectivity index (χ2v) is 0. The van der Waals surface area contributed by atoms with Crippen LogP contribution in [0.3, 0.4) is 0 Å². The molecule has 0 atom stereocenters. The van der Waals surface area contributed by atoms with Crippen LogP contribution in [-0.4, -0.2) is 0 Å². The molecule has 0 N–H and O–H groups in total. The first kappa shape index (κ1) is 62.3. The first-order valence-corrected chi connectivity index (χ1v) is 0. The molecule has 0 aliphatic heterocycles. The summed E-state index contributed by atoms with van der Waals surface area (Å²) < 4.78 is 0. The molecule has 0 rings (SSSR count). The molecule has 0 heterocycles. The van der Waals surface area contributed by atoms with Crippen molar-refractivity contribution in [1.82, 2.24) is 0 Å². The summed E-state index contributed by atoms with van der Waals surface area (Å²) in [6.45, 7) is 0. The van der Waals surface area contributed by atoms with Crippen LogP contribution in [-0.2, 0) is 21.1 Å². The van der Waals surface area contributed by atoms with Crippen LogP contribution in [0, 0.1) is 0 Å². The summed E-state index contributed by atoms with van der Waals surface area (Å²) in [5.41, 5.74) is 0. The second-order valence-electron chi connectivity index (χ2n) is 0. The molecule has 1 radical (unpaired) electrons. The van der Waals surface area contributed by atoms with Crippen molar-refractivity contribution in [1.29, 1.82) is 0 Å². The van der Waals surface area contributed by atoms with Crippen LogP contribution < -0.4 is 84.9 Å². The van der Waals surface area contributed by atoms with Crippen molar-refractivity contribution in [2.45, 2.75) is 0 Å². The predicted molar refractivity (Wildman–Crippen MR) is 0 cm³/mol. The molecule has 0 nitrogen and oxygen atoms in total. The maximum Gasteiger partial charge on any atom is 5.00 e. The molecule has 0 saturated carbocycles. The van der Waals surface area contributed by atoms with Crippen molar-refractivity contribution in [3.8, 4) is 0 Å². The fourth-order valence-corrected chi connectivity index (χ4v) is 0. The Morgan fingerprint density at radius 1 is 0.333 bits per heavy atom. The summed E-state index contributed by atoms with van der Waals surface area (Å²) in [7, 11) is 0. The maximum absolute atomic E-state index is 0. The van der Waals surface area contributed by atoms with Crippen LogP contribution in [0.2, 0.25) is 0 Å². The third-order valence-electron chi connectivity index (χ3n) is 0. The molecule has 0 aromatic rings. The molecule has 0 unspecified atom stereocenters. The van der Waals surface area contributed by atoms with Gasteiger partial charge in [-0.25, -0.2) is 0 Å². The molecule has 0 aliphatic rings. The quantitative estimate of drug-likeness (QED) is 0.266. The minimum atomic E-state index is 0. The number of hydrogen-bond acceptors (Lipinski definition) is 0. The van der Waals surface area contributed by atoms with Gasteiger partial charge < -0.3 is 84.9 Å². The third kappa shape index (κ3) is 27.5. The van der Waals surface area contributed by atoms with E-state index < -0.39 is 0 Å². The Balaban J connectivity index is 0. The van der Waals surface area contributed by atoms with Crippen LogP contribution in [0.15, 0.2) is 0 Å². The predicted octanol–water partition coefficient (Wildman–Crippen LogP) is -15.0.